The van der Waals surface area contributed by atoms with Crippen LogP contribution in [0, 0.1) is 12.8 Å². The maximum Gasteiger partial charge on any atom is 0.379 e. The molecule has 2 aromatic heterocycles. The van der Waals surface area contributed by atoms with Gasteiger partial charge in [-0.2, -0.15) is 4.98 Å². The Labute approximate surface area is 139 Å². The zero-order valence-corrected chi connectivity index (χ0v) is 14.1. The molecule has 1 amide bonds. The average molecular weight is 331 g/mol. The van der Waals surface area contributed by atoms with Crippen LogP contribution in [0.3, 0.4) is 0 Å². The third-order valence-corrected chi connectivity index (χ3v) is 4.34. The van der Waals surface area contributed by atoms with E-state index in [1.807, 2.05) is 6.92 Å². The first-order chi connectivity index (χ1) is 11.5. The van der Waals surface area contributed by atoms with Gasteiger partial charge in [-0.15, -0.1) is 5.10 Å². The number of ether oxygens (including phenoxy) is 1. The minimum atomic E-state index is -0.855. The summed E-state index contributed by atoms with van der Waals surface area (Å²) in [5, 5.41) is 4.09. The van der Waals surface area contributed by atoms with E-state index in [1.54, 1.807) is 24.1 Å². The van der Waals surface area contributed by atoms with Gasteiger partial charge in [0.05, 0.1) is 0 Å². The van der Waals surface area contributed by atoms with E-state index in [2.05, 4.69) is 22.0 Å². The molecule has 0 N–H and O–H groups in total. The first kappa shape index (κ1) is 16.4. The molecular weight excluding hydrogens is 310 g/mol. The highest BCUT2D eigenvalue weighted by molar-refractivity contribution is 5.89. The molecule has 1 unspecified atom stereocenters. The van der Waals surface area contributed by atoms with E-state index in [4.69, 9.17) is 4.74 Å². The molecule has 1 fully saturated rings. The molecule has 0 spiro atoms. The lowest BCUT2D eigenvalue weighted by molar-refractivity contribution is -0.141. The lowest BCUT2D eigenvalue weighted by Crippen LogP contribution is -2.44. The number of hydrogen-bond acceptors (Lipinski definition) is 6. The van der Waals surface area contributed by atoms with Gasteiger partial charge in [0, 0.05) is 25.0 Å². The molecule has 0 radical (unpaired) electrons. The van der Waals surface area contributed by atoms with Crippen molar-refractivity contribution in [3.63, 3.8) is 0 Å². The molecule has 3 rings (SSSR count). The van der Waals surface area contributed by atoms with Gasteiger partial charge in [-0.1, -0.05) is 6.92 Å². The Morgan fingerprint density at radius 2 is 2.04 bits per heavy atom. The molecule has 24 heavy (non-hydrogen) atoms. The predicted octanol–water partition coefficient (Wildman–Crippen LogP) is 1.24. The molecular formula is C16H21N5O3. The smallest absolute Gasteiger partial charge is 0.379 e. The lowest BCUT2D eigenvalue weighted by Gasteiger charge is -2.31. The Hall–Kier alpha value is -2.51. The Bertz CT molecular complexity index is 764. The lowest BCUT2D eigenvalue weighted by atomic mass is 9.99. The van der Waals surface area contributed by atoms with E-state index < -0.39 is 12.1 Å². The second-order valence-corrected chi connectivity index (χ2v) is 6.29. The van der Waals surface area contributed by atoms with Crippen LogP contribution in [0.4, 0.5) is 0 Å². The van der Waals surface area contributed by atoms with Gasteiger partial charge in [0.2, 0.25) is 0 Å². The summed E-state index contributed by atoms with van der Waals surface area (Å²) >= 11 is 0. The van der Waals surface area contributed by atoms with Crippen molar-refractivity contribution >= 4 is 17.7 Å². The van der Waals surface area contributed by atoms with E-state index in [9.17, 15) is 9.59 Å². The number of fused-ring (bicyclic) bond motifs is 1. The van der Waals surface area contributed by atoms with Crippen LogP contribution in [0.15, 0.2) is 12.3 Å². The maximum absolute atomic E-state index is 12.4. The standard InChI is InChI=1S/C16H21N5O3/c1-10-5-8-20(9-6-10)14(22)12(3)24-15(23)13-18-16-17-7-4-11(2)21(16)19-13/h4,7,10,12H,5-6,8-9H2,1-3H3. The molecule has 1 saturated heterocycles. The van der Waals surface area contributed by atoms with E-state index >= 15 is 0 Å². The van der Waals surface area contributed by atoms with Crippen LogP contribution in [0.5, 0.6) is 0 Å². The molecule has 8 heteroatoms. The van der Waals surface area contributed by atoms with Crippen molar-refractivity contribution in [2.24, 2.45) is 5.92 Å². The highest BCUT2D eigenvalue weighted by Crippen LogP contribution is 2.17. The number of aryl methyl sites for hydroxylation is 1. The molecule has 0 saturated carbocycles. The third-order valence-electron chi connectivity index (χ3n) is 4.34. The number of hydrogen-bond donors (Lipinski definition) is 0. The summed E-state index contributed by atoms with van der Waals surface area (Å²) in [6.07, 6.45) is 2.70. The molecule has 3 heterocycles. The van der Waals surface area contributed by atoms with Crippen LogP contribution in [0.25, 0.3) is 5.78 Å². The van der Waals surface area contributed by atoms with Crippen LogP contribution in [-0.4, -0.2) is 55.6 Å². The summed E-state index contributed by atoms with van der Waals surface area (Å²) in [5.74, 6) is -0.0288. The fraction of sp³-hybridized carbons (Fsp3) is 0.562. The summed E-state index contributed by atoms with van der Waals surface area (Å²) in [5.41, 5.74) is 0.804. The van der Waals surface area contributed by atoms with Crippen molar-refractivity contribution in [2.45, 2.75) is 39.7 Å². The monoisotopic (exact) mass is 331 g/mol. The summed E-state index contributed by atoms with van der Waals surface area (Å²) in [6.45, 7) is 7.01. The van der Waals surface area contributed by atoms with Crippen LogP contribution in [-0.2, 0) is 9.53 Å². The van der Waals surface area contributed by atoms with Gasteiger partial charge in [0.25, 0.3) is 17.5 Å². The van der Waals surface area contributed by atoms with Gasteiger partial charge in [-0.05, 0) is 38.7 Å². The molecule has 1 aliphatic heterocycles. The van der Waals surface area contributed by atoms with Gasteiger partial charge < -0.3 is 9.64 Å². The maximum atomic E-state index is 12.4. The van der Waals surface area contributed by atoms with Crippen molar-refractivity contribution in [2.75, 3.05) is 13.1 Å². The normalized spacial score (nSPS) is 17.0. The van der Waals surface area contributed by atoms with Crippen LogP contribution < -0.4 is 0 Å². The number of aromatic nitrogens is 4. The molecule has 0 bridgehead atoms. The van der Waals surface area contributed by atoms with Crippen molar-refractivity contribution < 1.29 is 14.3 Å². The molecule has 128 valence electrons. The molecule has 2 aromatic rings. The van der Waals surface area contributed by atoms with Gasteiger partial charge in [0.15, 0.2) is 6.10 Å². The minimum absolute atomic E-state index is 0.0938. The summed E-state index contributed by atoms with van der Waals surface area (Å²) in [7, 11) is 0. The molecule has 1 atom stereocenters. The number of carbonyl (C=O) groups is 2. The van der Waals surface area contributed by atoms with Crippen LogP contribution >= 0.6 is 0 Å². The zero-order valence-electron chi connectivity index (χ0n) is 14.1. The second kappa shape index (κ2) is 6.54. The Kier molecular flexibility index (Phi) is 4.46. The molecule has 0 aromatic carbocycles. The Morgan fingerprint density at radius 1 is 1.33 bits per heavy atom. The van der Waals surface area contributed by atoms with Crippen LogP contribution in [0.2, 0.25) is 0 Å². The summed E-state index contributed by atoms with van der Waals surface area (Å²) < 4.78 is 6.72. The van der Waals surface area contributed by atoms with E-state index in [1.165, 1.54) is 4.52 Å². The fourth-order valence-electron chi connectivity index (χ4n) is 2.74. The van der Waals surface area contributed by atoms with Crippen molar-refractivity contribution in [1.29, 1.82) is 0 Å². The van der Waals surface area contributed by atoms with E-state index in [-0.39, 0.29) is 11.7 Å². The minimum Gasteiger partial charge on any atom is -0.447 e. The number of rotatable bonds is 3. The molecule has 8 nitrogen and oxygen atoms in total. The van der Waals surface area contributed by atoms with Crippen LogP contribution in [0.1, 0.15) is 43.0 Å². The zero-order chi connectivity index (χ0) is 17.3. The number of likely N-dealkylation sites (tertiary alicyclic amines) is 1. The predicted molar refractivity (Wildman–Crippen MR) is 85.4 cm³/mol. The van der Waals surface area contributed by atoms with E-state index in [0.29, 0.717) is 24.8 Å². The number of amides is 1. The highest BCUT2D eigenvalue weighted by atomic mass is 16.5. The number of esters is 1. The topological polar surface area (TPSA) is 89.7 Å². The van der Waals surface area contributed by atoms with Gasteiger partial charge in [0.1, 0.15) is 0 Å². The Balaban J connectivity index is 1.66. The fourth-order valence-corrected chi connectivity index (χ4v) is 2.74. The van der Waals surface area contributed by atoms with Gasteiger partial charge in [-0.25, -0.2) is 14.3 Å². The van der Waals surface area contributed by atoms with Gasteiger partial charge in [-0.3, -0.25) is 4.79 Å². The number of nitrogens with zero attached hydrogens (tertiary/aromatic N) is 5. The SMILES string of the molecule is Cc1ccnc2nc(C(=O)OC(C)C(=O)N3CCC(C)CC3)nn12. The highest BCUT2D eigenvalue weighted by Gasteiger charge is 2.28. The summed E-state index contributed by atoms with van der Waals surface area (Å²) in [4.78, 5) is 34.5. The van der Waals surface area contributed by atoms with Gasteiger partial charge >= 0.3 is 5.97 Å². The molecule has 1 aliphatic rings. The summed E-state index contributed by atoms with van der Waals surface area (Å²) in [6, 6.07) is 1.76. The number of carbonyl (C=O) groups excluding carboxylic acids is 2. The molecule has 0 aliphatic carbocycles. The van der Waals surface area contributed by atoms with Crippen molar-refractivity contribution in [3.8, 4) is 0 Å². The quantitative estimate of drug-likeness (QED) is 0.786. The largest absolute Gasteiger partial charge is 0.447 e. The van der Waals surface area contributed by atoms with E-state index in [0.717, 1.165) is 18.5 Å². The van der Waals surface area contributed by atoms with Crippen molar-refractivity contribution in [3.05, 3.63) is 23.8 Å². The third kappa shape index (κ3) is 3.22. The number of piperidine rings is 1. The second-order valence-electron chi connectivity index (χ2n) is 6.29. The first-order valence-corrected chi connectivity index (χ1v) is 8.14. The average Bonchev–Trinajstić information content (AvgIpc) is 3.00. The Morgan fingerprint density at radius 3 is 2.71 bits per heavy atom. The van der Waals surface area contributed by atoms with Crippen molar-refractivity contribution in [1.82, 2.24) is 24.5 Å². The first-order valence-electron chi connectivity index (χ1n) is 8.14.